The number of carbonyl (C=O) groups is 2. The molecule has 0 saturated heterocycles. The zero-order valence-corrected chi connectivity index (χ0v) is 14.7. The predicted molar refractivity (Wildman–Crippen MR) is 94.0 cm³/mol. The average molecular weight is 387 g/mol. The van der Waals surface area contributed by atoms with Crippen LogP contribution in [0.5, 0.6) is 0 Å². The summed E-state index contributed by atoms with van der Waals surface area (Å²) in [6, 6.07) is 10.8. The normalized spacial score (nSPS) is 24.8. The van der Waals surface area contributed by atoms with Gasteiger partial charge < -0.3 is 15.3 Å². The van der Waals surface area contributed by atoms with E-state index in [2.05, 4.69) is 21.2 Å². The van der Waals surface area contributed by atoms with E-state index in [9.17, 15) is 14.7 Å². The zero-order valence-electron chi connectivity index (χ0n) is 13.1. The van der Waals surface area contributed by atoms with E-state index in [1.54, 1.807) is 31.3 Å². The van der Waals surface area contributed by atoms with Crippen LogP contribution in [0.3, 0.4) is 0 Å². The molecule has 4 rings (SSSR count). The molecule has 6 heteroatoms. The van der Waals surface area contributed by atoms with Gasteiger partial charge in [0, 0.05) is 22.8 Å². The number of halogens is 1. The molecule has 2 heterocycles. The third-order valence-corrected chi connectivity index (χ3v) is 5.40. The first-order valence-electron chi connectivity index (χ1n) is 7.56. The second-order valence-electron chi connectivity index (χ2n) is 6.28. The molecule has 0 aliphatic carbocycles. The molecular weight excluding hydrogens is 372 g/mol. The Morgan fingerprint density at radius 1 is 1.25 bits per heavy atom. The molecule has 0 saturated carbocycles. The Balaban J connectivity index is 2.00. The summed E-state index contributed by atoms with van der Waals surface area (Å²) in [5, 5.41) is 14.2. The molecule has 2 unspecified atom stereocenters. The van der Waals surface area contributed by atoms with Gasteiger partial charge in [-0.05, 0) is 46.1 Å². The lowest BCUT2D eigenvalue weighted by Crippen LogP contribution is -2.45. The fourth-order valence-electron chi connectivity index (χ4n) is 3.74. The van der Waals surface area contributed by atoms with Gasteiger partial charge in [-0.25, -0.2) is 0 Å². The molecule has 2 aromatic carbocycles. The minimum absolute atomic E-state index is 0.370. The van der Waals surface area contributed by atoms with Crippen LogP contribution in [-0.4, -0.2) is 24.0 Å². The van der Waals surface area contributed by atoms with Gasteiger partial charge in [-0.3, -0.25) is 9.59 Å². The van der Waals surface area contributed by atoms with Crippen LogP contribution in [0, 0.1) is 6.92 Å². The second-order valence-corrected chi connectivity index (χ2v) is 7.14. The van der Waals surface area contributed by atoms with Crippen LogP contribution in [0.15, 0.2) is 40.9 Å². The number of likely N-dealkylation sites (N-methyl/N-ethyl adjacent to an activating group) is 1. The summed E-state index contributed by atoms with van der Waals surface area (Å²) in [4.78, 5) is 27.0. The van der Waals surface area contributed by atoms with Crippen LogP contribution in [0.4, 0.5) is 11.4 Å². The Kier molecular flexibility index (Phi) is 3.14. The highest BCUT2D eigenvalue weighted by Crippen LogP contribution is 2.53. The van der Waals surface area contributed by atoms with Gasteiger partial charge >= 0.3 is 0 Å². The van der Waals surface area contributed by atoms with Gasteiger partial charge in [-0.15, -0.1) is 0 Å². The highest BCUT2D eigenvalue weighted by molar-refractivity contribution is 9.10. The number of fused-ring (bicyclic) bond motifs is 2. The molecule has 122 valence electrons. The van der Waals surface area contributed by atoms with Crippen molar-refractivity contribution in [2.24, 2.45) is 0 Å². The van der Waals surface area contributed by atoms with Crippen molar-refractivity contribution in [3.63, 3.8) is 0 Å². The summed E-state index contributed by atoms with van der Waals surface area (Å²) < 4.78 is 0.718. The molecule has 2 aliphatic heterocycles. The van der Waals surface area contributed by atoms with Crippen LogP contribution in [-0.2, 0) is 15.2 Å². The SMILES string of the molecule is Cc1cc(Br)c2c(c1)C(O)(C1C(=O)Nc3ccccc31)C(=O)N2C. The van der Waals surface area contributed by atoms with Gasteiger partial charge in [-0.1, -0.05) is 24.3 Å². The maximum absolute atomic E-state index is 13.0. The minimum atomic E-state index is -1.92. The fourth-order valence-corrected chi connectivity index (χ4v) is 4.58. The molecule has 2 N–H and O–H groups in total. The van der Waals surface area contributed by atoms with Crippen molar-refractivity contribution < 1.29 is 14.7 Å². The molecule has 2 amide bonds. The predicted octanol–water partition coefficient (Wildman–Crippen LogP) is 2.66. The van der Waals surface area contributed by atoms with E-state index in [-0.39, 0.29) is 5.91 Å². The number of hydrogen-bond donors (Lipinski definition) is 2. The summed E-state index contributed by atoms with van der Waals surface area (Å²) in [6.45, 7) is 1.89. The molecular formula is C18H15BrN2O3. The monoisotopic (exact) mass is 386 g/mol. The number of nitrogens with zero attached hydrogens (tertiary/aromatic N) is 1. The number of aryl methyl sites for hydroxylation is 1. The minimum Gasteiger partial charge on any atom is -0.374 e. The van der Waals surface area contributed by atoms with E-state index >= 15 is 0 Å². The van der Waals surface area contributed by atoms with E-state index in [0.29, 0.717) is 22.5 Å². The van der Waals surface area contributed by atoms with Gasteiger partial charge in [-0.2, -0.15) is 0 Å². The van der Waals surface area contributed by atoms with Crippen molar-refractivity contribution in [3.8, 4) is 0 Å². The Hall–Kier alpha value is -2.18. The van der Waals surface area contributed by atoms with Crippen molar-refractivity contribution in [3.05, 3.63) is 57.6 Å². The molecule has 0 bridgehead atoms. The van der Waals surface area contributed by atoms with E-state index in [4.69, 9.17) is 0 Å². The third kappa shape index (κ3) is 1.78. The molecule has 2 atom stereocenters. The Bertz CT molecular complexity index is 911. The third-order valence-electron chi connectivity index (χ3n) is 4.79. The summed E-state index contributed by atoms with van der Waals surface area (Å²) in [5.74, 6) is -1.84. The lowest BCUT2D eigenvalue weighted by Gasteiger charge is -2.27. The molecule has 5 nitrogen and oxygen atoms in total. The van der Waals surface area contributed by atoms with Crippen LogP contribution >= 0.6 is 15.9 Å². The first-order chi connectivity index (χ1) is 11.4. The number of anilines is 2. The Labute approximate surface area is 147 Å². The van der Waals surface area contributed by atoms with Gasteiger partial charge in [0.15, 0.2) is 5.60 Å². The summed E-state index contributed by atoms with van der Waals surface area (Å²) in [6.07, 6.45) is 0. The standard InChI is InChI=1S/C18H15BrN2O3/c1-9-7-11-15(12(19)8-9)21(2)17(23)18(11,24)14-10-5-3-4-6-13(10)20-16(14)22/h3-8,14,24H,1-2H3,(H,20,22). The molecule has 0 fully saturated rings. The van der Waals surface area contributed by atoms with Crippen molar-refractivity contribution in [2.45, 2.75) is 18.4 Å². The maximum atomic E-state index is 13.0. The van der Waals surface area contributed by atoms with Gasteiger partial charge in [0.05, 0.1) is 5.69 Å². The van der Waals surface area contributed by atoms with Crippen molar-refractivity contribution >= 4 is 39.1 Å². The molecule has 0 spiro atoms. The number of nitrogens with one attached hydrogen (secondary N) is 1. The number of amides is 2. The summed E-state index contributed by atoms with van der Waals surface area (Å²) >= 11 is 3.47. The number of rotatable bonds is 1. The quantitative estimate of drug-likeness (QED) is 0.791. The van der Waals surface area contributed by atoms with E-state index in [1.807, 2.05) is 19.1 Å². The van der Waals surface area contributed by atoms with E-state index in [0.717, 1.165) is 10.0 Å². The summed E-state index contributed by atoms with van der Waals surface area (Å²) in [5.41, 5.74) is 1.31. The lowest BCUT2D eigenvalue weighted by molar-refractivity contribution is -0.143. The fraction of sp³-hybridized carbons (Fsp3) is 0.222. The molecule has 0 aromatic heterocycles. The van der Waals surface area contributed by atoms with E-state index in [1.165, 1.54) is 4.90 Å². The number of carbonyl (C=O) groups excluding carboxylic acids is 2. The largest absolute Gasteiger partial charge is 0.374 e. The summed E-state index contributed by atoms with van der Waals surface area (Å²) in [7, 11) is 1.61. The van der Waals surface area contributed by atoms with E-state index < -0.39 is 17.4 Å². The van der Waals surface area contributed by atoms with Crippen molar-refractivity contribution in [1.82, 2.24) is 0 Å². The number of aliphatic hydroxyl groups is 1. The smallest absolute Gasteiger partial charge is 0.264 e. The Morgan fingerprint density at radius 3 is 2.71 bits per heavy atom. The number of para-hydroxylation sites is 1. The van der Waals surface area contributed by atoms with Crippen LogP contribution in [0.25, 0.3) is 0 Å². The van der Waals surface area contributed by atoms with Crippen molar-refractivity contribution in [2.75, 3.05) is 17.3 Å². The highest BCUT2D eigenvalue weighted by atomic mass is 79.9. The zero-order chi connectivity index (χ0) is 17.2. The van der Waals surface area contributed by atoms with Crippen LogP contribution < -0.4 is 10.2 Å². The molecule has 2 aliphatic rings. The average Bonchev–Trinajstić information content (AvgIpc) is 2.96. The molecule has 24 heavy (non-hydrogen) atoms. The van der Waals surface area contributed by atoms with Crippen LogP contribution in [0.1, 0.15) is 22.6 Å². The molecule has 2 aromatic rings. The lowest BCUT2D eigenvalue weighted by atomic mass is 9.78. The maximum Gasteiger partial charge on any atom is 0.264 e. The van der Waals surface area contributed by atoms with Gasteiger partial charge in [0.25, 0.3) is 5.91 Å². The molecule has 0 radical (unpaired) electrons. The number of hydrogen-bond acceptors (Lipinski definition) is 3. The highest BCUT2D eigenvalue weighted by Gasteiger charge is 2.59. The van der Waals surface area contributed by atoms with Crippen molar-refractivity contribution in [1.29, 1.82) is 0 Å². The first-order valence-corrected chi connectivity index (χ1v) is 8.36. The van der Waals surface area contributed by atoms with Gasteiger partial charge in [0.1, 0.15) is 5.92 Å². The first kappa shape index (κ1) is 15.4. The number of benzene rings is 2. The van der Waals surface area contributed by atoms with Gasteiger partial charge in [0.2, 0.25) is 5.91 Å². The second kappa shape index (κ2) is 4.91. The topological polar surface area (TPSA) is 69.6 Å². The Morgan fingerprint density at radius 2 is 1.96 bits per heavy atom. The van der Waals surface area contributed by atoms with Crippen LogP contribution in [0.2, 0.25) is 0 Å².